The Morgan fingerprint density at radius 3 is 2.46 bits per heavy atom. The van der Waals surface area contributed by atoms with Gasteiger partial charge in [-0.15, -0.1) is 24.0 Å². The van der Waals surface area contributed by atoms with E-state index in [9.17, 15) is 13.2 Å². The minimum Gasteiger partial charge on any atom is -0.357 e. The molecule has 0 saturated carbocycles. The van der Waals surface area contributed by atoms with E-state index in [0.717, 1.165) is 25.6 Å². The zero-order chi connectivity index (χ0) is 19.0. The van der Waals surface area contributed by atoms with Crippen molar-refractivity contribution >= 4 is 29.9 Å². The number of alkyl halides is 3. The first kappa shape index (κ1) is 25.7. The number of nitrogens with one attached hydrogen (secondary N) is 2. The molecule has 2 atom stereocenters. The van der Waals surface area contributed by atoms with Crippen LogP contribution in [0.15, 0.2) is 4.99 Å². The molecule has 0 aromatic rings. The highest BCUT2D eigenvalue weighted by molar-refractivity contribution is 14.0. The van der Waals surface area contributed by atoms with E-state index in [1.807, 2.05) is 6.92 Å². The molecule has 1 saturated heterocycles. The van der Waals surface area contributed by atoms with Gasteiger partial charge in [0.05, 0.1) is 6.54 Å². The minimum atomic E-state index is -4.14. The van der Waals surface area contributed by atoms with Gasteiger partial charge in [0.1, 0.15) is 0 Å². The van der Waals surface area contributed by atoms with Crippen molar-refractivity contribution in [3.8, 4) is 0 Å². The van der Waals surface area contributed by atoms with Crippen LogP contribution in [0.4, 0.5) is 13.2 Å². The summed E-state index contributed by atoms with van der Waals surface area (Å²) in [5.41, 5.74) is 0. The predicted octanol–water partition coefficient (Wildman–Crippen LogP) is 2.77. The van der Waals surface area contributed by atoms with Gasteiger partial charge in [-0.25, -0.2) is 0 Å². The minimum absolute atomic E-state index is 0. The Hall–Kier alpha value is -0.290. The van der Waals surface area contributed by atoms with Crippen LogP contribution in [0.25, 0.3) is 0 Å². The maximum atomic E-state index is 12.3. The van der Waals surface area contributed by atoms with Crippen molar-refractivity contribution < 1.29 is 13.2 Å². The van der Waals surface area contributed by atoms with Gasteiger partial charge in [-0.05, 0) is 46.7 Å². The van der Waals surface area contributed by atoms with Crippen molar-refractivity contribution in [2.24, 2.45) is 10.9 Å². The number of likely N-dealkylation sites (tertiary alicyclic amines) is 1. The van der Waals surface area contributed by atoms with Crippen LogP contribution in [0.2, 0.25) is 0 Å². The van der Waals surface area contributed by atoms with Crippen molar-refractivity contribution in [1.82, 2.24) is 20.4 Å². The van der Waals surface area contributed by atoms with E-state index in [-0.39, 0.29) is 24.0 Å². The van der Waals surface area contributed by atoms with Crippen molar-refractivity contribution in [2.45, 2.75) is 52.4 Å². The molecular formula is C17H35F3IN5. The van der Waals surface area contributed by atoms with Crippen LogP contribution < -0.4 is 10.6 Å². The highest BCUT2D eigenvalue weighted by atomic mass is 127. The number of aliphatic imine (C=N–C) groups is 1. The average molecular weight is 493 g/mol. The summed E-state index contributed by atoms with van der Waals surface area (Å²) in [6.45, 7) is 11.5. The third kappa shape index (κ3) is 10.1. The topological polar surface area (TPSA) is 42.9 Å². The van der Waals surface area contributed by atoms with Gasteiger partial charge in [0.25, 0.3) is 0 Å². The highest BCUT2D eigenvalue weighted by Gasteiger charge is 2.31. The van der Waals surface area contributed by atoms with Gasteiger partial charge < -0.3 is 10.6 Å². The summed E-state index contributed by atoms with van der Waals surface area (Å²) >= 11 is 0. The lowest BCUT2D eigenvalue weighted by atomic mass is 10.1. The first-order chi connectivity index (χ1) is 11.6. The summed E-state index contributed by atoms with van der Waals surface area (Å²) in [6.07, 6.45) is -3.54. The van der Waals surface area contributed by atoms with E-state index in [4.69, 9.17) is 0 Å². The van der Waals surface area contributed by atoms with Crippen LogP contribution in [-0.2, 0) is 0 Å². The lowest BCUT2D eigenvalue weighted by Crippen LogP contribution is -2.47. The fraction of sp³-hybridized carbons (Fsp3) is 0.941. The van der Waals surface area contributed by atoms with Crippen LogP contribution in [0.3, 0.4) is 0 Å². The zero-order valence-corrected chi connectivity index (χ0v) is 18.9. The van der Waals surface area contributed by atoms with Gasteiger partial charge in [-0.1, -0.05) is 6.92 Å². The Morgan fingerprint density at radius 2 is 1.96 bits per heavy atom. The number of nitrogens with zero attached hydrogens (tertiary/aromatic N) is 3. The Bertz CT molecular complexity index is 418. The normalized spacial score (nSPS) is 22.0. The smallest absolute Gasteiger partial charge is 0.357 e. The largest absolute Gasteiger partial charge is 0.401 e. The van der Waals surface area contributed by atoms with Gasteiger partial charge >= 0.3 is 6.18 Å². The first-order valence-corrected chi connectivity index (χ1v) is 9.16. The fourth-order valence-electron chi connectivity index (χ4n) is 3.03. The standard InChI is InChI=1S/C17H34F3N5.HI/c1-6-21-16(22-8-7-9-24(5)12-17(18,19)20)23-15-11-25(13(2)3)10-14(15)4;/h13-15H,6-12H2,1-5H3,(H2,21,22,23);1H. The van der Waals surface area contributed by atoms with E-state index in [2.05, 4.69) is 41.3 Å². The second kappa shape index (κ2) is 12.2. The Balaban J connectivity index is 0.00000625. The van der Waals surface area contributed by atoms with Gasteiger partial charge in [0.2, 0.25) is 0 Å². The molecule has 1 fully saturated rings. The Morgan fingerprint density at radius 1 is 1.31 bits per heavy atom. The summed E-state index contributed by atoms with van der Waals surface area (Å²) in [7, 11) is 1.49. The molecule has 1 aliphatic heterocycles. The Kier molecular flexibility index (Phi) is 12.1. The van der Waals surface area contributed by atoms with Crippen molar-refractivity contribution in [3.63, 3.8) is 0 Å². The number of guanidine groups is 1. The van der Waals surface area contributed by atoms with Crippen LogP contribution in [0.1, 0.15) is 34.1 Å². The molecule has 0 bridgehead atoms. The van der Waals surface area contributed by atoms with Crippen LogP contribution in [0.5, 0.6) is 0 Å². The van der Waals surface area contributed by atoms with Crippen LogP contribution in [0, 0.1) is 5.92 Å². The van der Waals surface area contributed by atoms with Crippen molar-refractivity contribution in [2.75, 3.05) is 46.3 Å². The zero-order valence-electron chi connectivity index (χ0n) is 16.6. The molecule has 1 heterocycles. The maximum absolute atomic E-state index is 12.3. The molecule has 1 rings (SSSR count). The molecule has 0 aromatic carbocycles. The summed E-state index contributed by atoms with van der Waals surface area (Å²) in [6, 6.07) is 0.867. The SMILES string of the molecule is CCNC(=NCCCN(C)CC(F)(F)F)NC1CN(C(C)C)CC1C.I. The second-order valence-corrected chi connectivity index (χ2v) is 7.24. The second-order valence-electron chi connectivity index (χ2n) is 7.24. The molecule has 156 valence electrons. The van der Waals surface area contributed by atoms with E-state index >= 15 is 0 Å². The van der Waals surface area contributed by atoms with Crippen molar-refractivity contribution in [3.05, 3.63) is 0 Å². The molecule has 0 aliphatic carbocycles. The number of hydrogen-bond donors (Lipinski definition) is 2. The highest BCUT2D eigenvalue weighted by Crippen LogP contribution is 2.18. The molecule has 9 heteroatoms. The monoisotopic (exact) mass is 493 g/mol. The lowest BCUT2D eigenvalue weighted by molar-refractivity contribution is -0.143. The van der Waals surface area contributed by atoms with E-state index in [1.165, 1.54) is 11.9 Å². The van der Waals surface area contributed by atoms with E-state index < -0.39 is 12.7 Å². The van der Waals surface area contributed by atoms with Gasteiger partial charge in [-0.3, -0.25) is 14.8 Å². The summed E-state index contributed by atoms with van der Waals surface area (Å²) < 4.78 is 36.9. The third-order valence-electron chi connectivity index (χ3n) is 4.45. The molecule has 26 heavy (non-hydrogen) atoms. The Labute approximate surface area is 173 Å². The molecular weight excluding hydrogens is 458 g/mol. The first-order valence-electron chi connectivity index (χ1n) is 9.16. The molecule has 0 radical (unpaired) electrons. The number of rotatable bonds is 8. The molecule has 0 aromatic heterocycles. The summed E-state index contributed by atoms with van der Waals surface area (Å²) in [4.78, 5) is 8.25. The summed E-state index contributed by atoms with van der Waals surface area (Å²) in [5.74, 6) is 1.28. The number of halogens is 4. The van der Waals surface area contributed by atoms with Crippen molar-refractivity contribution in [1.29, 1.82) is 0 Å². The quantitative estimate of drug-likeness (QED) is 0.236. The van der Waals surface area contributed by atoms with Crippen LogP contribution in [-0.4, -0.2) is 80.3 Å². The third-order valence-corrected chi connectivity index (χ3v) is 4.45. The van der Waals surface area contributed by atoms with Gasteiger partial charge in [0.15, 0.2) is 5.96 Å². The summed E-state index contributed by atoms with van der Waals surface area (Å²) in [5, 5.41) is 6.71. The van der Waals surface area contributed by atoms with E-state index in [0.29, 0.717) is 37.5 Å². The molecule has 0 amide bonds. The molecule has 2 N–H and O–H groups in total. The van der Waals surface area contributed by atoms with Gasteiger partial charge in [0, 0.05) is 38.3 Å². The molecule has 2 unspecified atom stereocenters. The number of hydrogen-bond acceptors (Lipinski definition) is 3. The van der Waals surface area contributed by atoms with E-state index in [1.54, 1.807) is 0 Å². The molecule has 5 nitrogen and oxygen atoms in total. The molecule has 0 spiro atoms. The maximum Gasteiger partial charge on any atom is 0.401 e. The molecule has 1 aliphatic rings. The fourth-order valence-corrected chi connectivity index (χ4v) is 3.03. The van der Waals surface area contributed by atoms with Gasteiger partial charge in [-0.2, -0.15) is 13.2 Å². The average Bonchev–Trinajstić information content (AvgIpc) is 2.83. The predicted molar refractivity (Wildman–Crippen MR) is 112 cm³/mol. The lowest BCUT2D eigenvalue weighted by Gasteiger charge is -2.22. The van der Waals surface area contributed by atoms with Crippen LogP contribution >= 0.6 is 24.0 Å².